The molecule has 6 heteroatoms. The van der Waals surface area contributed by atoms with Gasteiger partial charge in [0.1, 0.15) is 5.52 Å². The Balaban J connectivity index is 1.86. The smallest absolute Gasteiger partial charge is 0.224 e. The van der Waals surface area contributed by atoms with E-state index in [-0.39, 0.29) is 30.7 Å². The lowest BCUT2D eigenvalue weighted by atomic mass is 10.2. The molecule has 0 bridgehead atoms. The molecule has 22 heavy (non-hydrogen) atoms. The van der Waals surface area contributed by atoms with E-state index in [2.05, 4.69) is 15.6 Å². The number of aromatic nitrogens is 1. The summed E-state index contributed by atoms with van der Waals surface area (Å²) in [5, 5.41) is 5.60. The molecule has 2 rings (SSSR count). The van der Waals surface area contributed by atoms with Gasteiger partial charge in [-0.15, -0.1) is 0 Å². The maximum Gasteiger partial charge on any atom is 0.224 e. The first-order valence-electron chi connectivity index (χ1n) is 7.44. The van der Waals surface area contributed by atoms with Crippen LogP contribution in [0.4, 0.5) is 5.69 Å². The number of nitrogens with one attached hydrogen (secondary N) is 2. The fourth-order valence-electron chi connectivity index (χ4n) is 2.02. The van der Waals surface area contributed by atoms with Gasteiger partial charge in [0.15, 0.2) is 11.5 Å². The molecule has 1 aromatic carbocycles. The SMILES string of the molecule is CCC(C)NC(=O)CCC(=O)Nc1ccc2oc(C)nc2c1. The number of aryl methyl sites for hydroxylation is 1. The molecule has 1 heterocycles. The normalized spacial score (nSPS) is 12.1. The van der Waals surface area contributed by atoms with Crippen molar-refractivity contribution in [3.63, 3.8) is 0 Å². The summed E-state index contributed by atoms with van der Waals surface area (Å²) in [7, 11) is 0. The Morgan fingerprint density at radius 2 is 2.00 bits per heavy atom. The van der Waals surface area contributed by atoms with Gasteiger partial charge in [0.2, 0.25) is 11.8 Å². The Morgan fingerprint density at radius 3 is 2.73 bits per heavy atom. The molecule has 0 aliphatic heterocycles. The number of benzene rings is 1. The average Bonchev–Trinajstić information content (AvgIpc) is 2.84. The van der Waals surface area contributed by atoms with Crippen molar-refractivity contribution in [3.05, 3.63) is 24.1 Å². The quantitative estimate of drug-likeness (QED) is 0.859. The van der Waals surface area contributed by atoms with Crippen molar-refractivity contribution >= 4 is 28.6 Å². The van der Waals surface area contributed by atoms with E-state index >= 15 is 0 Å². The lowest BCUT2D eigenvalue weighted by Crippen LogP contribution is -2.32. The van der Waals surface area contributed by atoms with Crippen LogP contribution in [0.5, 0.6) is 0 Å². The Hall–Kier alpha value is -2.37. The van der Waals surface area contributed by atoms with E-state index in [1.165, 1.54) is 0 Å². The second kappa shape index (κ2) is 7.06. The fraction of sp³-hybridized carbons (Fsp3) is 0.438. The molecule has 118 valence electrons. The molecule has 0 fully saturated rings. The Kier molecular flexibility index (Phi) is 5.14. The third-order valence-corrected chi connectivity index (χ3v) is 3.38. The monoisotopic (exact) mass is 303 g/mol. The maximum absolute atomic E-state index is 11.9. The summed E-state index contributed by atoms with van der Waals surface area (Å²) in [5.41, 5.74) is 2.03. The van der Waals surface area contributed by atoms with E-state index in [1.807, 2.05) is 13.8 Å². The summed E-state index contributed by atoms with van der Waals surface area (Å²) in [4.78, 5) is 27.7. The molecule has 6 nitrogen and oxygen atoms in total. The van der Waals surface area contributed by atoms with Crippen molar-refractivity contribution in [2.45, 2.75) is 46.1 Å². The minimum atomic E-state index is -0.195. The van der Waals surface area contributed by atoms with Crippen LogP contribution in [0.2, 0.25) is 0 Å². The number of amides is 2. The molecule has 2 aromatic rings. The molecule has 1 aromatic heterocycles. The number of anilines is 1. The van der Waals surface area contributed by atoms with Crippen molar-refractivity contribution in [2.24, 2.45) is 0 Å². The van der Waals surface area contributed by atoms with Crippen molar-refractivity contribution in [1.82, 2.24) is 10.3 Å². The summed E-state index contributed by atoms with van der Waals surface area (Å²) in [6.45, 7) is 5.71. The van der Waals surface area contributed by atoms with Crippen LogP contribution >= 0.6 is 0 Å². The van der Waals surface area contributed by atoms with Crippen LogP contribution in [-0.4, -0.2) is 22.8 Å². The summed E-state index contributed by atoms with van der Waals surface area (Å²) in [6.07, 6.45) is 1.20. The van der Waals surface area contributed by atoms with E-state index in [4.69, 9.17) is 4.42 Å². The van der Waals surface area contributed by atoms with Crippen LogP contribution in [0.1, 0.15) is 39.0 Å². The van der Waals surface area contributed by atoms with Gasteiger partial charge in [-0.05, 0) is 31.5 Å². The van der Waals surface area contributed by atoms with Gasteiger partial charge < -0.3 is 15.1 Å². The number of hydrogen-bond donors (Lipinski definition) is 2. The number of carbonyl (C=O) groups excluding carboxylic acids is 2. The van der Waals surface area contributed by atoms with E-state index in [0.717, 1.165) is 6.42 Å². The van der Waals surface area contributed by atoms with Crippen molar-refractivity contribution in [3.8, 4) is 0 Å². The number of nitrogens with zero attached hydrogens (tertiary/aromatic N) is 1. The first-order valence-corrected chi connectivity index (χ1v) is 7.44. The molecule has 2 amide bonds. The van der Waals surface area contributed by atoms with Crippen LogP contribution in [0.3, 0.4) is 0 Å². The zero-order valence-electron chi connectivity index (χ0n) is 13.1. The van der Waals surface area contributed by atoms with Gasteiger partial charge in [0.25, 0.3) is 0 Å². The molecule has 0 spiro atoms. The molecule has 0 saturated carbocycles. The zero-order valence-corrected chi connectivity index (χ0v) is 13.1. The van der Waals surface area contributed by atoms with E-state index in [9.17, 15) is 9.59 Å². The Morgan fingerprint density at radius 1 is 1.27 bits per heavy atom. The minimum Gasteiger partial charge on any atom is -0.441 e. The van der Waals surface area contributed by atoms with Gasteiger partial charge >= 0.3 is 0 Å². The summed E-state index contributed by atoms with van der Waals surface area (Å²) >= 11 is 0. The van der Waals surface area contributed by atoms with Crippen LogP contribution < -0.4 is 10.6 Å². The van der Waals surface area contributed by atoms with Crippen LogP contribution in [0.15, 0.2) is 22.6 Å². The second-order valence-corrected chi connectivity index (χ2v) is 5.34. The van der Waals surface area contributed by atoms with Gasteiger partial charge in [0, 0.05) is 31.5 Å². The standard InChI is InChI=1S/C16H21N3O3/c1-4-10(2)17-15(20)7-8-16(21)19-12-5-6-14-13(9-12)18-11(3)22-14/h5-6,9-10H,4,7-8H2,1-3H3,(H,17,20)(H,19,21). The van der Waals surface area contributed by atoms with Gasteiger partial charge in [0.05, 0.1) is 0 Å². The fourth-order valence-corrected chi connectivity index (χ4v) is 2.02. The van der Waals surface area contributed by atoms with E-state index < -0.39 is 0 Å². The number of hydrogen-bond acceptors (Lipinski definition) is 4. The van der Waals surface area contributed by atoms with E-state index in [0.29, 0.717) is 22.7 Å². The predicted octanol–water partition coefficient (Wildman–Crippen LogP) is 2.77. The first kappa shape index (κ1) is 16.0. The van der Waals surface area contributed by atoms with Crippen LogP contribution in [0, 0.1) is 6.92 Å². The molecule has 0 aliphatic rings. The second-order valence-electron chi connectivity index (χ2n) is 5.34. The molecule has 0 radical (unpaired) electrons. The number of oxazole rings is 1. The summed E-state index contributed by atoms with van der Waals surface area (Å²) in [6, 6.07) is 5.40. The van der Waals surface area contributed by atoms with Crippen molar-refractivity contribution in [1.29, 1.82) is 0 Å². The van der Waals surface area contributed by atoms with Crippen molar-refractivity contribution in [2.75, 3.05) is 5.32 Å². The number of fused-ring (bicyclic) bond motifs is 1. The van der Waals surface area contributed by atoms with Crippen LogP contribution in [0.25, 0.3) is 11.1 Å². The summed E-state index contributed by atoms with van der Waals surface area (Å²) in [5.74, 6) is 0.283. The molecule has 1 atom stereocenters. The topological polar surface area (TPSA) is 84.2 Å². The maximum atomic E-state index is 11.9. The largest absolute Gasteiger partial charge is 0.441 e. The zero-order chi connectivity index (χ0) is 16.1. The van der Waals surface area contributed by atoms with Gasteiger partial charge in [-0.25, -0.2) is 4.98 Å². The highest BCUT2D eigenvalue weighted by molar-refractivity contribution is 5.94. The minimum absolute atomic E-state index is 0.105. The van der Waals surface area contributed by atoms with Gasteiger partial charge in [-0.3, -0.25) is 9.59 Å². The third kappa shape index (κ3) is 4.31. The highest BCUT2D eigenvalue weighted by Crippen LogP contribution is 2.19. The molecule has 1 unspecified atom stereocenters. The summed E-state index contributed by atoms with van der Waals surface area (Å²) < 4.78 is 5.38. The lowest BCUT2D eigenvalue weighted by molar-refractivity contribution is -0.124. The predicted molar refractivity (Wildman–Crippen MR) is 84.5 cm³/mol. The lowest BCUT2D eigenvalue weighted by Gasteiger charge is -2.11. The van der Waals surface area contributed by atoms with Crippen molar-refractivity contribution < 1.29 is 14.0 Å². The molecular weight excluding hydrogens is 282 g/mol. The number of rotatable bonds is 6. The third-order valence-electron chi connectivity index (χ3n) is 3.38. The first-order chi connectivity index (χ1) is 10.5. The van der Waals surface area contributed by atoms with Crippen LogP contribution in [-0.2, 0) is 9.59 Å². The van der Waals surface area contributed by atoms with E-state index in [1.54, 1.807) is 25.1 Å². The average molecular weight is 303 g/mol. The number of carbonyl (C=O) groups is 2. The highest BCUT2D eigenvalue weighted by atomic mass is 16.3. The Bertz CT molecular complexity index is 678. The highest BCUT2D eigenvalue weighted by Gasteiger charge is 2.10. The molecule has 0 saturated heterocycles. The molecule has 0 aliphatic carbocycles. The molecule has 2 N–H and O–H groups in total. The van der Waals surface area contributed by atoms with Gasteiger partial charge in [-0.1, -0.05) is 6.92 Å². The van der Waals surface area contributed by atoms with Gasteiger partial charge in [-0.2, -0.15) is 0 Å². The molecular formula is C16H21N3O3. The Labute approximate surface area is 129 Å².